The molecule has 1 aliphatic rings. The van der Waals surface area contributed by atoms with Gasteiger partial charge in [-0.1, -0.05) is 0 Å². The first-order chi connectivity index (χ1) is 17.5. The van der Waals surface area contributed by atoms with Gasteiger partial charge in [0.25, 0.3) is 0 Å². The van der Waals surface area contributed by atoms with Gasteiger partial charge in [0.1, 0.15) is 17.3 Å². The lowest BCUT2D eigenvalue weighted by Gasteiger charge is -2.33. The molecule has 5 heterocycles. The number of anilines is 3. The van der Waals surface area contributed by atoms with E-state index in [9.17, 15) is 0 Å². The highest BCUT2D eigenvalue weighted by Crippen LogP contribution is 2.31. The lowest BCUT2D eigenvalue weighted by Crippen LogP contribution is -2.44. The molecule has 6 rings (SSSR count). The zero-order valence-corrected chi connectivity index (χ0v) is 19.9. The molecule has 0 radical (unpaired) electrons. The molecule has 0 saturated carbocycles. The summed E-state index contributed by atoms with van der Waals surface area (Å²) in [5, 5.41) is 10.9. The van der Waals surface area contributed by atoms with Gasteiger partial charge >= 0.3 is 6.01 Å². The molecule has 184 valence electrons. The topological polar surface area (TPSA) is 111 Å². The van der Waals surface area contributed by atoms with Crippen LogP contribution in [-0.4, -0.2) is 63.3 Å². The zero-order chi connectivity index (χ0) is 24.6. The number of benzene rings is 1. The van der Waals surface area contributed by atoms with Gasteiger partial charge in [-0.3, -0.25) is 5.10 Å². The van der Waals surface area contributed by atoms with E-state index in [-0.39, 0.29) is 11.8 Å². The molecule has 5 aromatic rings. The molecule has 0 aliphatic carbocycles. The van der Waals surface area contributed by atoms with Crippen LogP contribution in [0.5, 0.6) is 11.8 Å². The van der Waals surface area contributed by atoms with E-state index >= 15 is 4.39 Å². The Morgan fingerprint density at radius 1 is 1.06 bits per heavy atom. The summed E-state index contributed by atoms with van der Waals surface area (Å²) in [6, 6.07) is 12.5. The average molecular weight is 489 g/mol. The number of aromatic nitrogens is 5. The Morgan fingerprint density at radius 2 is 1.92 bits per heavy atom. The standard InChI is InChI=1S/C25H25FN8O2/c1-15-12-16-17(27-15)5-6-20(24(16)26)36-25-29-21(14-23(30-25)34-9-7-33(2)8-10-34)28-22-13-18(31-32-22)19-4-3-11-35-19/h3-6,11-14,27H,7-10H2,1-2H3,(H2,28,29,30,31,32). The van der Waals surface area contributed by atoms with Crippen molar-refractivity contribution in [2.24, 2.45) is 0 Å². The summed E-state index contributed by atoms with van der Waals surface area (Å²) in [5.41, 5.74) is 2.30. The van der Waals surface area contributed by atoms with E-state index in [1.54, 1.807) is 24.5 Å². The Kier molecular flexibility index (Phi) is 5.53. The van der Waals surface area contributed by atoms with Gasteiger partial charge in [-0.2, -0.15) is 15.1 Å². The number of halogens is 1. The minimum Gasteiger partial charge on any atom is -0.463 e. The smallest absolute Gasteiger partial charge is 0.326 e. The van der Waals surface area contributed by atoms with Gasteiger partial charge in [0.2, 0.25) is 0 Å². The van der Waals surface area contributed by atoms with Crippen LogP contribution in [0, 0.1) is 12.7 Å². The third-order valence-electron chi connectivity index (χ3n) is 6.18. The molecule has 0 spiro atoms. The molecule has 0 atom stereocenters. The molecule has 10 nitrogen and oxygen atoms in total. The van der Waals surface area contributed by atoms with E-state index in [4.69, 9.17) is 9.15 Å². The van der Waals surface area contributed by atoms with Crippen LogP contribution in [0.2, 0.25) is 0 Å². The normalized spacial score (nSPS) is 14.5. The van der Waals surface area contributed by atoms with Crippen LogP contribution < -0.4 is 15.0 Å². The third-order valence-corrected chi connectivity index (χ3v) is 6.18. The maximum absolute atomic E-state index is 15.2. The Balaban J connectivity index is 1.33. The van der Waals surface area contributed by atoms with Crippen molar-refractivity contribution in [1.29, 1.82) is 0 Å². The first-order valence-electron chi connectivity index (χ1n) is 11.7. The van der Waals surface area contributed by atoms with Crippen LogP contribution in [0.25, 0.3) is 22.4 Å². The predicted molar refractivity (Wildman–Crippen MR) is 134 cm³/mol. The van der Waals surface area contributed by atoms with Crippen molar-refractivity contribution in [1.82, 2.24) is 30.0 Å². The van der Waals surface area contributed by atoms with Crippen LogP contribution in [0.1, 0.15) is 5.69 Å². The fraction of sp³-hybridized carbons (Fsp3) is 0.240. The number of ether oxygens (including phenoxy) is 1. The molecule has 0 amide bonds. The lowest BCUT2D eigenvalue weighted by molar-refractivity contribution is 0.311. The Hall–Kier alpha value is -4.38. The summed E-state index contributed by atoms with van der Waals surface area (Å²) in [6.45, 7) is 5.31. The number of nitrogens with zero attached hydrogens (tertiary/aromatic N) is 5. The number of fused-ring (bicyclic) bond motifs is 1. The molecule has 11 heteroatoms. The van der Waals surface area contributed by atoms with Crippen molar-refractivity contribution in [3.8, 4) is 23.2 Å². The monoisotopic (exact) mass is 488 g/mol. The molecule has 1 saturated heterocycles. The van der Waals surface area contributed by atoms with Gasteiger partial charge in [0.05, 0.1) is 6.26 Å². The summed E-state index contributed by atoms with van der Waals surface area (Å²) in [6.07, 6.45) is 1.60. The van der Waals surface area contributed by atoms with E-state index < -0.39 is 5.82 Å². The van der Waals surface area contributed by atoms with Gasteiger partial charge in [0.15, 0.2) is 23.1 Å². The highest BCUT2D eigenvalue weighted by atomic mass is 19.1. The molecule has 1 aliphatic heterocycles. The van der Waals surface area contributed by atoms with E-state index in [2.05, 4.69) is 47.3 Å². The first-order valence-corrected chi connectivity index (χ1v) is 11.7. The summed E-state index contributed by atoms with van der Waals surface area (Å²) >= 11 is 0. The number of nitrogens with one attached hydrogen (secondary N) is 3. The Morgan fingerprint density at radius 3 is 2.72 bits per heavy atom. The number of rotatable bonds is 6. The van der Waals surface area contributed by atoms with Gasteiger partial charge in [-0.25, -0.2) is 4.39 Å². The lowest BCUT2D eigenvalue weighted by atomic mass is 10.2. The SMILES string of the molecule is Cc1cc2c(F)c(Oc3nc(Nc4cc(-c5ccco5)[nH]n4)cc(N4CCN(C)CC4)n3)ccc2[nH]1. The number of likely N-dealkylation sites (N-methyl/N-ethyl adjacent to an activating group) is 1. The summed E-state index contributed by atoms with van der Waals surface area (Å²) in [4.78, 5) is 16.7. The Bertz CT molecular complexity index is 1500. The van der Waals surface area contributed by atoms with Crippen molar-refractivity contribution in [2.75, 3.05) is 43.4 Å². The van der Waals surface area contributed by atoms with E-state index in [0.717, 1.165) is 37.6 Å². The van der Waals surface area contributed by atoms with Crippen LogP contribution in [0.15, 0.2) is 53.1 Å². The molecule has 36 heavy (non-hydrogen) atoms. The van der Waals surface area contributed by atoms with Crippen molar-refractivity contribution in [3.63, 3.8) is 0 Å². The largest absolute Gasteiger partial charge is 0.463 e. The highest BCUT2D eigenvalue weighted by Gasteiger charge is 2.20. The summed E-state index contributed by atoms with van der Waals surface area (Å²) in [7, 11) is 2.09. The predicted octanol–water partition coefficient (Wildman–Crippen LogP) is 4.68. The Labute approximate surface area is 206 Å². The number of aromatic amines is 2. The third kappa shape index (κ3) is 4.36. The van der Waals surface area contributed by atoms with E-state index in [0.29, 0.717) is 34.1 Å². The maximum Gasteiger partial charge on any atom is 0.326 e. The second-order valence-electron chi connectivity index (χ2n) is 8.85. The maximum atomic E-state index is 15.2. The number of H-pyrrole nitrogens is 2. The van der Waals surface area contributed by atoms with Crippen LogP contribution in [0.4, 0.5) is 21.8 Å². The van der Waals surface area contributed by atoms with Crippen LogP contribution >= 0.6 is 0 Å². The number of piperazine rings is 1. The van der Waals surface area contributed by atoms with Crippen molar-refractivity contribution >= 4 is 28.4 Å². The molecule has 1 fully saturated rings. The molecular weight excluding hydrogens is 463 g/mol. The fourth-order valence-electron chi connectivity index (χ4n) is 4.26. The van der Waals surface area contributed by atoms with E-state index in [1.807, 2.05) is 31.2 Å². The van der Waals surface area contributed by atoms with E-state index in [1.165, 1.54) is 0 Å². The summed E-state index contributed by atoms with van der Waals surface area (Å²) < 4.78 is 26.5. The molecule has 4 aromatic heterocycles. The first kappa shape index (κ1) is 22.1. The second-order valence-corrected chi connectivity index (χ2v) is 8.85. The van der Waals surface area contributed by atoms with Gasteiger partial charge in [0, 0.05) is 54.9 Å². The van der Waals surface area contributed by atoms with Gasteiger partial charge < -0.3 is 29.3 Å². The number of furan rings is 1. The number of aryl methyl sites for hydroxylation is 1. The highest BCUT2D eigenvalue weighted by molar-refractivity contribution is 5.82. The van der Waals surface area contributed by atoms with Gasteiger partial charge in [-0.05, 0) is 44.3 Å². The average Bonchev–Trinajstić information content (AvgIpc) is 3.62. The molecule has 1 aromatic carbocycles. The number of hydrogen-bond donors (Lipinski definition) is 3. The molecule has 3 N–H and O–H groups in total. The summed E-state index contributed by atoms with van der Waals surface area (Å²) in [5.74, 6) is 1.98. The van der Waals surface area contributed by atoms with Crippen molar-refractivity contribution < 1.29 is 13.5 Å². The fourth-order valence-corrected chi connectivity index (χ4v) is 4.26. The van der Waals surface area contributed by atoms with Crippen molar-refractivity contribution in [2.45, 2.75) is 6.92 Å². The number of hydrogen-bond acceptors (Lipinski definition) is 8. The molecular formula is C25H25FN8O2. The molecule has 0 bridgehead atoms. The second kappa shape index (κ2) is 9.00. The minimum atomic E-state index is -0.463. The van der Waals surface area contributed by atoms with Crippen LogP contribution in [-0.2, 0) is 0 Å². The quantitative estimate of drug-likeness (QED) is 0.316. The molecule has 0 unspecified atom stereocenters. The zero-order valence-electron chi connectivity index (χ0n) is 19.9. The van der Waals surface area contributed by atoms with Gasteiger partial charge in [-0.15, -0.1) is 0 Å². The van der Waals surface area contributed by atoms with Crippen LogP contribution in [0.3, 0.4) is 0 Å². The van der Waals surface area contributed by atoms with Crippen molar-refractivity contribution in [3.05, 3.63) is 60.2 Å². The minimum absolute atomic E-state index is 0.0428.